The SMILES string of the molecule is CC[C@H](C)NC(=O)c1ccc(CN2CCN(Cc3ccc(F)cc3)C(=O)C2=O)cc1. The first-order chi connectivity index (χ1) is 14.4. The first-order valence-electron chi connectivity index (χ1n) is 10.1. The number of benzene rings is 2. The molecule has 1 saturated heterocycles. The van der Waals surface area contributed by atoms with Gasteiger partial charge in [-0.1, -0.05) is 31.2 Å². The van der Waals surface area contributed by atoms with E-state index in [9.17, 15) is 18.8 Å². The molecule has 3 amide bonds. The summed E-state index contributed by atoms with van der Waals surface area (Å²) in [5, 5.41) is 2.91. The molecule has 2 aromatic rings. The molecule has 1 heterocycles. The van der Waals surface area contributed by atoms with E-state index in [1.807, 2.05) is 13.8 Å². The number of piperazine rings is 1. The Morgan fingerprint density at radius 3 is 1.87 bits per heavy atom. The maximum Gasteiger partial charge on any atom is 0.312 e. The van der Waals surface area contributed by atoms with Gasteiger partial charge in [-0.05, 0) is 48.7 Å². The van der Waals surface area contributed by atoms with Crippen molar-refractivity contribution in [2.75, 3.05) is 13.1 Å². The highest BCUT2D eigenvalue weighted by Crippen LogP contribution is 2.15. The van der Waals surface area contributed by atoms with Gasteiger partial charge >= 0.3 is 11.8 Å². The third kappa shape index (κ3) is 5.23. The highest BCUT2D eigenvalue weighted by molar-refractivity contribution is 6.35. The number of carbonyl (C=O) groups excluding carboxylic acids is 3. The van der Waals surface area contributed by atoms with Gasteiger partial charge in [0, 0.05) is 37.8 Å². The normalized spacial score (nSPS) is 15.3. The van der Waals surface area contributed by atoms with Crippen molar-refractivity contribution in [1.29, 1.82) is 0 Å². The molecular weight excluding hydrogens is 385 g/mol. The maximum absolute atomic E-state index is 13.0. The minimum absolute atomic E-state index is 0.104. The molecule has 0 radical (unpaired) electrons. The minimum atomic E-state index is -0.560. The lowest BCUT2D eigenvalue weighted by molar-refractivity contribution is -0.156. The van der Waals surface area contributed by atoms with Gasteiger partial charge in [-0.2, -0.15) is 0 Å². The van der Waals surface area contributed by atoms with E-state index >= 15 is 0 Å². The highest BCUT2D eigenvalue weighted by atomic mass is 19.1. The molecule has 158 valence electrons. The molecule has 3 rings (SSSR count). The number of nitrogens with one attached hydrogen (secondary N) is 1. The third-order valence-electron chi connectivity index (χ3n) is 5.26. The van der Waals surface area contributed by atoms with Gasteiger partial charge in [0.15, 0.2) is 0 Å². The van der Waals surface area contributed by atoms with Crippen molar-refractivity contribution in [3.05, 3.63) is 71.0 Å². The van der Waals surface area contributed by atoms with Crippen LogP contribution in [-0.2, 0) is 22.7 Å². The average molecular weight is 411 g/mol. The fourth-order valence-corrected chi connectivity index (χ4v) is 3.22. The van der Waals surface area contributed by atoms with Gasteiger partial charge in [0.2, 0.25) is 0 Å². The molecule has 1 fully saturated rings. The highest BCUT2D eigenvalue weighted by Gasteiger charge is 2.32. The summed E-state index contributed by atoms with van der Waals surface area (Å²) in [4.78, 5) is 40.2. The zero-order valence-corrected chi connectivity index (χ0v) is 17.2. The zero-order valence-electron chi connectivity index (χ0n) is 17.2. The van der Waals surface area contributed by atoms with Gasteiger partial charge < -0.3 is 15.1 Å². The smallest absolute Gasteiger partial charge is 0.312 e. The van der Waals surface area contributed by atoms with Crippen molar-refractivity contribution in [3.8, 4) is 0 Å². The second-order valence-electron chi connectivity index (χ2n) is 7.56. The number of halogens is 1. The summed E-state index contributed by atoms with van der Waals surface area (Å²) >= 11 is 0. The molecule has 6 nitrogen and oxygen atoms in total. The molecular formula is C23H26FN3O3. The van der Waals surface area contributed by atoms with Gasteiger partial charge in [-0.3, -0.25) is 14.4 Å². The summed E-state index contributed by atoms with van der Waals surface area (Å²) in [6.45, 7) is 5.37. The van der Waals surface area contributed by atoms with Gasteiger partial charge in [0.25, 0.3) is 5.91 Å². The molecule has 7 heteroatoms. The lowest BCUT2D eigenvalue weighted by Crippen LogP contribution is -2.53. The van der Waals surface area contributed by atoms with Crippen LogP contribution in [0, 0.1) is 5.82 Å². The van der Waals surface area contributed by atoms with Crippen molar-refractivity contribution in [2.45, 2.75) is 39.4 Å². The van der Waals surface area contributed by atoms with Crippen molar-refractivity contribution in [1.82, 2.24) is 15.1 Å². The number of carbonyl (C=O) groups is 3. The molecule has 2 aromatic carbocycles. The monoisotopic (exact) mass is 411 g/mol. The van der Waals surface area contributed by atoms with Gasteiger partial charge in [-0.25, -0.2) is 4.39 Å². The first-order valence-corrected chi connectivity index (χ1v) is 10.1. The Labute approximate surface area is 175 Å². The molecule has 30 heavy (non-hydrogen) atoms. The Kier molecular flexibility index (Phi) is 6.82. The van der Waals surface area contributed by atoms with Crippen LogP contribution in [0.1, 0.15) is 41.8 Å². The molecule has 1 aliphatic heterocycles. The van der Waals surface area contributed by atoms with E-state index < -0.39 is 11.8 Å². The van der Waals surface area contributed by atoms with E-state index in [0.717, 1.165) is 17.5 Å². The summed E-state index contributed by atoms with van der Waals surface area (Å²) in [5.74, 6) is -1.58. The molecule has 0 saturated carbocycles. The molecule has 0 bridgehead atoms. The Balaban J connectivity index is 1.57. The lowest BCUT2D eigenvalue weighted by Gasteiger charge is -2.33. The van der Waals surface area contributed by atoms with Crippen LogP contribution in [0.15, 0.2) is 48.5 Å². The lowest BCUT2D eigenvalue weighted by atomic mass is 10.1. The third-order valence-corrected chi connectivity index (χ3v) is 5.26. The van der Waals surface area contributed by atoms with E-state index in [-0.39, 0.29) is 24.3 Å². The van der Waals surface area contributed by atoms with Crippen LogP contribution in [0.3, 0.4) is 0 Å². The number of rotatable bonds is 7. The first kappa shape index (κ1) is 21.5. The molecule has 1 N–H and O–H groups in total. The van der Waals surface area contributed by atoms with Crippen LogP contribution < -0.4 is 5.32 Å². The summed E-state index contributed by atoms with van der Waals surface area (Å²) < 4.78 is 13.0. The van der Waals surface area contributed by atoms with E-state index in [1.54, 1.807) is 36.4 Å². The van der Waals surface area contributed by atoms with E-state index in [0.29, 0.717) is 25.2 Å². The predicted octanol–water partition coefficient (Wildman–Crippen LogP) is 2.73. The second-order valence-corrected chi connectivity index (χ2v) is 7.56. The fraction of sp³-hybridized carbons (Fsp3) is 0.348. The molecule has 0 aromatic heterocycles. The molecule has 1 aliphatic rings. The number of hydrogen-bond donors (Lipinski definition) is 1. The van der Waals surface area contributed by atoms with Crippen LogP contribution in [0.4, 0.5) is 4.39 Å². The van der Waals surface area contributed by atoms with Gasteiger partial charge in [-0.15, -0.1) is 0 Å². The van der Waals surface area contributed by atoms with Crippen molar-refractivity contribution < 1.29 is 18.8 Å². The largest absolute Gasteiger partial charge is 0.350 e. The van der Waals surface area contributed by atoms with Crippen LogP contribution in [0.2, 0.25) is 0 Å². The zero-order chi connectivity index (χ0) is 21.7. The van der Waals surface area contributed by atoms with Crippen LogP contribution >= 0.6 is 0 Å². The molecule has 0 unspecified atom stereocenters. The summed E-state index contributed by atoms with van der Waals surface area (Å²) in [6.07, 6.45) is 0.854. The fourth-order valence-electron chi connectivity index (χ4n) is 3.22. The van der Waals surface area contributed by atoms with Crippen molar-refractivity contribution >= 4 is 17.7 Å². The summed E-state index contributed by atoms with van der Waals surface area (Å²) in [7, 11) is 0. The number of nitrogens with zero attached hydrogens (tertiary/aromatic N) is 2. The summed E-state index contributed by atoms with van der Waals surface area (Å²) in [6, 6.07) is 13.1. The quantitative estimate of drug-likeness (QED) is 0.713. The van der Waals surface area contributed by atoms with Crippen LogP contribution in [-0.4, -0.2) is 46.7 Å². The Morgan fingerprint density at radius 2 is 1.40 bits per heavy atom. The second kappa shape index (κ2) is 9.52. The van der Waals surface area contributed by atoms with Gasteiger partial charge in [0.05, 0.1) is 0 Å². The van der Waals surface area contributed by atoms with E-state index in [2.05, 4.69) is 5.32 Å². The van der Waals surface area contributed by atoms with Gasteiger partial charge in [0.1, 0.15) is 5.82 Å². The maximum atomic E-state index is 13.0. The minimum Gasteiger partial charge on any atom is -0.350 e. The van der Waals surface area contributed by atoms with Crippen LogP contribution in [0.25, 0.3) is 0 Å². The Bertz CT molecular complexity index is 912. The van der Waals surface area contributed by atoms with Crippen LogP contribution in [0.5, 0.6) is 0 Å². The van der Waals surface area contributed by atoms with Crippen molar-refractivity contribution in [2.24, 2.45) is 0 Å². The molecule has 0 aliphatic carbocycles. The Hall–Kier alpha value is -3.22. The predicted molar refractivity (Wildman–Crippen MR) is 111 cm³/mol. The standard InChI is InChI=1S/C23H26FN3O3/c1-3-16(2)25-21(28)19-8-4-17(5-9-19)14-26-12-13-27(23(30)22(26)29)15-18-6-10-20(24)11-7-18/h4-11,16H,3,12-15H2,1-2H3,(H,25,28)/t16-/m0/s1. The average Bonchev–Trinajstić information content (AvgIpc) is 2.75. The Morgan fingerprint density at radius 1 is 0.933 bits per heavy atom. The van der Waals surface area contributed by atoms with E-state index in [1.165, 1.54) is 21.9 Å². The summed E-state index contributed by atoms with van der Waals surface area (Å²) in [5.41, 5.74) is 2.19. The molecule has 1 atom stereocenters. The van der Waals surface area contributed by atoms with E-state index in [4.69, 9.17) is 0 Å². The molecule has 0 spiro atoms. The number of amides is 3. The van der Waals surface area contributed by atoms with Crippen molar-refractivity contribution in [3.63, 3.8) is 0 Å². The topological polar surface area (TPSA) is 69.7 Å². The number of hydrogen-bond acceptors (Lipinski definition) is 3.